The van der Waals surface area contributed by atoms with E-state index in [9.17, 15) is 9.59 Å². The molecule has 6 heteroatoms. The smallest absolute Gasteiger partial charge is 0.276 e. The average Bonchev–Trinajstić information content (AvgIpc) is 2.60. The Labute approximate surface area is 151 Å². The van der Waals surface area contributed by atoms with Gasteiger partial charge >= 0.3 is 0 Å². The zero-order chi connectivity index (χ0) is 18.2. The number of amides is 2. The molecule has 5 nitrogen and oxygen atoms in total. The van der Waals surface area contributed by atoms with Crippen LogP contribution in [0.2, 0.25) is 5.02 Å². The van der Waals surface area contributed by atoms with Gasteiger partial charge in [0.15, 0.2) is 6.61 Å². The zero-order valence-corrected chi connectivity index (χ0v) is 14.8. The molecule has 25 heavy (non-hydrogen) atoms. The molecule has 130 valence electrons. The fourth-order valence-electron chi connectivity index (χ4n) is 1.96. The van der Waals surface area contributed by atoms with Gasteiger partial charge in [0.05, 0.1) is 0 Å². The molecule has 0 spiro atoms. The van der Waals surface area contributed by atoms with Crippen LogP contribution in [0.5, 0.6) is 5.75 Å². The molecule has 0 heterocycles. The third kappa shape index (κ3) is 5.97. The molecule has 2 amide bonds. The van der Waals surface area contributed by atoms with Crippen molar-refractivity contribution in [3.63, 3.8) is 0 Å². The number of para-hydroxylation sites is 1. The van der Waals surface area contributed by atoms with Crippen LogP contribution in [0.25, 0.3) is 6.08 Å². The first-order chi connectivity index (χ1) is 12.0. The van der Waals surface area contributed by atoms with Crippen LogP contribution >= 0.6 is 11.6 Å². The van der Waals surface area contributed by atoms with Crippen molar-refractivity contribution in [3.05, 3.63) is 70.3 Å². The second-order valence-corrected chi connectivity index (χ2v) is 5.84. The summed E-state index contributed by atoms with van der Waals surface area (Å²) in [4.78, 5) is 23.4. The van der Waals surface area contributed by atoms with E-state index in [4.69, 9.17) is 16.3 Å². The zero-order valence-electron chi connectivity index (χ0n) is 14.0. The number of carbonyl (C=O) groups excluding carboxylic acids is 2. The number of rotatable bonds is 5. The Hall–Kier alpha value is -2.79. The maximum absolute atomic E-state index is 11.7. The van der Waals surface area contributed by atoms with Crippen LogP contribution in [-0.2, 0) is 9.59 Å². The summed E-state index contributed by atoms with van der Waals surface area (Å²) in [6.45, 7) is 3.59. The molecule has 0 aliphatic heterocycles. The minimum atomic E-state index is -0.457. The van der Waals surface area contributed by atoms with Crippen LogP contribution in [0.3, 0.4) is 0 Å². The molecule has 0 aromatic heterocycles. The Morgan fingerprint density at radius 2 is 1.84 bits per heavy atom. The van der Waals surface area contributed by atoms with Gasteiger partial charge in [-0.15, -0.1) is 0 Å². The van der Waals surface area contributed by atoms with Crippen molar-refractivity contribution in [3.8, 4) is 5.75 Å². The summed E-state index contributed by atoms with van der Waals surface area (Å²) in [5.74, 6) is -0.288. The molecule has 2 aromatic carbocycles. The first-order valence-corrected chi connectivity index (χ1v) is 8.05. The van der Waals surface area contributed by atoms with E-state index in [1.165, 1.54) is 6.08 Å². The van der Waals surface area contributed by atoms with Gasteiger partial charge in [-0.25, -0.2) is 0 Å². The molecule has 0 saturated carbocycles. The van der Waals surface area contributed by atoms with Gasteiger partial charge in [0.2, 0.25) is 0 Å². The number of hydrogen-bond donors (Lipinski definition) is 2. The van der Waals surface area contributed by atoms with Crippen molar-refractivity contribution < 1.29 is 14.3 Å². The summed E-state index contributed by atoms with van der Waals surface area (Å²) in [5.41, 5.74) is 7.26. The highest BCUT2D eigenvalue weighted by atomic mass is 35.5. The van der Waals surface area contributed by atoms with E-state index in [0.717, 1.165) is 16.7 Å². The van der Waals surface area contributed by atoms with Crippen LogP contribution in [0.1, 0.15) is 16.7 Å². The van der Waals surface area contributed by atoms with Gasteiger partial charge in [-0.2, -0.15) is 0 Å². The molecule has 0 aliphatic rings. The van der Waals surface area contributed by atoms with E-state index in [1.807, 2.05) is 44.2 Å². The minimum Gasteiger partial charge on any atom is -0.483 e. The Balaban J connectivity index is 1.77. The van der Waals surface area contributed by atoms with E-state index >= 15 is 0 Å². The summed E-state index contributed by atoms with van der Waals surface area (Å²) < 4.78 is 5.39. The lowest BCUT2D eigenvalue weighted by Crippen LogP contribution is -2.43. The standard InChI is InChI=1S/C19H19ClN2O3/c1-13-7-8-15(11-16(13)20)9-10-18(23)21-22-19(24)12-25-17-6-4-3-5-14(17)2/h3-11H,12H2,1-2H3,(H,21,23)(H,22,24)/b10-9+. The molecule has 2 aromatic rings. The molecule has 2 N–H and O–H groups in total. The van der Waals surface area contributed by atoms with Gasteiger partial charge in [0.25, 0.3) is 11.8 Å². The number of benzene rings is 2. The van der Waals surface area contributed by atoms with Crippen molar-refractivity contribution in [1.82, 2.24) is 10.9 Å². The van der Waals surface area contributed by atoms with Crippen molar-refractivity contribution in [1.29, 1.82) is 0 Å². The Morgan fingerprint density at radius 3 is 2.56 bits per heavy atom. The maximum Gasteiger partial charge on any atom is 0.276 e. The molecule has 0 atom stereocenters. The summed E-state index contributed by atoms with van der Waals surface area (Å²) in [7, 11) is 0. The van der Waals surface area contributed by atoms with Crippen LogP contribution in [0.4, 0.5) is 0 Å². The average molecular weight is 359 g/mol. The highest BCUT2D eigenvalue weighted by Gasteiger charge is 2.05. The lowest BCUT2D eigenvalue weighted by atomic mass is 10.1. The largest absolute Gasteiger partial charge is 0.483 e. The first kappa shape index (κ1) is 18.5. The second-order valence-electron chi connectivity index (χ2n) is 5.43. The van der Waals surface area contributed by atoms with Gasteiger partial charge in [0.1, 0.15) is 5.75 Å². The molecular formula is C19H19ClN2O3. The third-order valence-corrected chi connectivity index (χ3v) is 3.81. The van der Waals surface area contributed by atoms with E-state index in [0.29, 0.717) is 10.8 Å². The molecule has 0 bridgehead atoms. The lowest BCUT2D eigenvalue weighted by molar-refractivity contribution is -0.128. The fourth-order valence-corrected chi connectivity index (χ4v) is 2.14. The van der Waals surface area contributed by atoms with Crippen LogP contribution < -0.4 is 15.6 Å². The number of halogens is 1. The molecule has 0 fully saturated rings. The highest BCUT2D eigenvalue weighted by molar-refractivity contribution is 6.31. The van der Waals surface area contributed by atoms with Crippen molar-refractivity contribution >= 4 is 29.5 Å². The van der Waals surface area contributed by atoms with E-state index in [2.05, 4.69) is 10.9 Å². The molecular weight excluding hydrogens is 340 g/mol. The Kier molecular flexibility index (Phi) is 6.60. The van der Waals surface area contributed by atoms with Gasteiger partial charge in [-0.3, -0.25) is 20.4 Å². The Morgan fingerprint density at radius 1 is 1.08 bits per heavy atom. The maximum atomic E-state index is 11.7. The van der Waals surface area contributed by atoms with Crippen molar-refractivity contribution in [2.45, 2.75) is 13.8 Å². The number of ether oxygens (including phenoxy) is 1. The fraction of sp³-hybridized carbons (Fsp3) is 0.158. The third-order valence-electron chi connectivity index (χ3n) is 3.40. The molecule has 0 radical (unpaired) electrons. The molecule has 0 saturated heterocycles. The van der Waals surface area contributed by atoms with E-state index in [1.54, 1.807) is 18.2 Å². The Bertz CT molecular complexity index is 803. The van der Waals surface area contributed by atoms with Gasteiger partial charge in [-0.05, 0) is 48.7 Å². The monoisotopic (exact) mass is 358 g/mol. The number of hydrazine groups is 1. The summed E-state index contributed by atoms with van der Waals surface area (Å²) in [6.07, 6.45) is 2.92. The molecule has 2 rings (SSSR count). The molecule has 0 aliphatic carbocycles. The normalized spacial score (nSPS) is 10.5. The quantitative estimate of drug-likeness (QED) is 0.637. The van der Waals surface area contributed by atoms with E-state index < -0.39 is 11.8 Å². The summed E-state index contributed by atoms with van der Waals surface area (Å²) in [5, 5.41) is 0.629. The van der Waals surface area contributed by atoms with Gasteiger partial charge in [0, 0.05) is 11.1 Å². The number of aryl methyl sites for hydroxylation is 2. The van der Waals surface area contributed by atoms with Crippen LogP contribution in [-0.4, -0.2) is 18.4 Å². The van der Waals surface area contributed by atoms with Gasteiger partial charge < -0.3 is 4.74 Å². The number of carbonyl (C=O) groups is 2. The predicted molar refractivity (Wildman–Crippen MR) is 98.2 cm³/mol. The highest BCUT2D eigenvalue weighted by Crippen LogP contribution is 2.17. The summed E-state index contributed by atoms with van der Waals surface area (Å²) in [6, 6.07) is 12.8. The number of hydrogen-bond acceptors (Lipinski definition) is 3. The van der Waals surface area contributed by atoms with Crippen LogP contribution in [0, 0.1) is 13.8 Å². The topological polar surface area (TPSA) is 67.4 Å². The summed E-state index contributed by atoms with van der Waals surface area (Å²) >= 11 is 6.02. The van der Waals surface area contributed by atoms with E-state index in [-0.39, 0.29) is 6.61 Å². The lowest BCUT2D eigenvalue weighted by Gasteiger charge is -2.09. The predicted octanol–water partition coefficient (Wildman–Crippen LogP) is 3.20. The van der Waals surface area contributed by atoms with Crippen LogP contribution in [0.15, 0.2) is 48.5 Å². The van der Waals surface area contributed by atoms with Crippen molar-refractivity contribution in [2.24, 2.45) is 0 Å². The SMILES string of the molecule is Cc1ccc(/C=C/C(=O)NNC(=O)COc2ccccc2C)cc1Cl. The van der Waals surface area contributed by atoms with Crippen molar-refractivity contribution in [2.75, 3.05) is 6.61 Å². The molecule has 0 unspecified atom stereocenters. The number of nitrogens with one attached hydrogen (secondary N) is 2. The minimum absolute atomic E-state index is 0.192. The second kappa shape index (κ2) is 8.89. The van der Waals surface area contributed by atoms with Gasteiger partial charge in [-0.1, -0.05) is 41.9 Å². The first-order valence-electron chi connectivity index (χ1n) is 7.67.